The van der Waals surface area contributed by atoms with Crippen molar-refractivity contribution in [2.75, 3.05) is 16.8 Å². The van der Waals surface area contributed by atoms with E-state index >= 15 is 0 Å². The Morgan fingerprint density at radius 3 is 2.73 bits per heavy atom. The number of anilines is 2. The molecule has 1 fully saturated rings. The third-order valence-electron chi connectivity index (χ3n) is 3.79. The van der Waals surface area contributed by atoms with Crippen LogP contribution in [0.3, 0.4) is 0 Å². The summed E-state index contributed by atoms with van der Waals surface area (Å²) in [7, 11) is 0. The number of carbonyl (C=O) groups is 1. The zero-order chi connectivity index (χ0) is 15.5. The number of nitrogens with zero attached hydrogens (tertiary/aromatic N) is 1. The standard InChI is InChI=1S/C17H17ClN2O2/c18-13-4-6-15(7-5-13)20-9-8-16(17(20)22)19-14-3-1-2-12(10-14)11-21/h1-7,10,16,19,21H,8-9,11H2. The van der Waals surface area contributed by atoms with E-state index in [9.17, 15) is 9.90 Å². The van der Waals surface area contributed by atoms with Gasteiger partial charge in [-0.2, -0.15) is 0 Å². The van der Waals surface area contributed by atoms with E-state index in [0.717, 1.165) is 23.4 Å². The Morgan fingerprint density at radius 2 is 2.00 bits per heavy atom. The summed E-state index contributed by atoms with van der Waals surface area (Å²) in [6.45, 7) is 0.669. The first-order valence-electron chi connectivity index (χ1n) is 7.20. The fraction of sp³-hybridized carbons (Fsp3) is 0.235. The first-order valence-corrected chi connectivity index (χ1v) is 7.58. The molecule has 1 aliphatic rings. The largest absolute Gasteiger partial charge is 0.392 e. The smallest absolute Gasteiger partial charge is 0.249 e. The number of rotatable bonds is 4. The van der Waals surface area contributed by atoms with Crippen LogP contribution in [0, 0.1) is 0 Å². The van der Waals surface area contributed by atoms with Crippen molar-refractivity contribution in [2.24, 2.45) is 0 Å². The van der Waals surface area contributed by atoms with Crippen LogP contribution < -0.4 is 10.2 Å². The summed E-state index contributed by atoms with van der Waals surface area (Å²) < 4.78 is 0. The van der Waals surface area contributed by atoms with Gasteiger partial charge in [0.25, 0.3) is 0 Å². The van der Waals surface area contributed by atoms with Crippen molar-refractivity contribution in [1.29, 1.82) is 0 Å². The van der Waals surface area contributed by atoms with Gasteiger partial charge in [0.1, 0.15) is 6.04 Å². The number of carbonyl (C=O) groups excluding carboxylic acids is 1. The van der Waals surface area contributed by atoms with Crippen LogP contribution >= 0.6 is 11.6 Å². The minimum absolute atomic E-state index is 0.00890. The molecule has 2 aromatic carbocycles. The molecule has 1 amide bonds. The minimum atomic E-state index is -0.246. The summed E-state index contributed by atoms with van der Waals surface area (Å²) in [5, 5.41) is 13.1. The van der Waals surface area contributed by atoms with E-state index in [2.05, 4.69) is 5.32 Å². The summed E-state index contributed by atoms with van der Waals surface area (Å²) in [6.07, 6.45) is 0.741. The number of amides is 1. The van der Waals surface area contributed by atoms with Crippen molar-refractivity contribution < 1.29 is 9.90 Å². The molecule has 1 saturated heterocycles. The van der Waals surface area contributed by atoms with Crippen LogP contribution in [0.25, 0.3) is 0 Å². The Morgan fingerprint density at radius 1 is 1.23 bits per heavy atom. The predicted octanol–water partition coefficient (Wildman–Crippen LogP) is 3.05. The average Bonchev–Trinajstić information content (AvgIpc) is 2.89. The maximum Gasteiger partial charge on any atom is 0.249 e. The highest BCUT2D eigenvalue weighted by Gasteiger charge is 2.32. The fourth-order valence-corrected chi connectivity index (χ4v) is 2.78. The Balaban J connectivity index is 1.72. The molecule has 1 heterocycles. The second kappa shape index (κ2) is 6.38. The van der Waals surface area contributed by atoms with E-state index in [1.165, 1.54) is 0 Å². The summed E-state index contributed by atoms with van der Waals surface area (Å²) in [5.41, 5.74) is 2.54. The Hall–Kier alpha value is -2.04. The molecular weight excluding hydrogens is 300 g/mol. The quantitative estimate of drug-likeness (QED) is 0.911. The van der Waals surface area contributed by atoms with E-state index < -0.39 is 0 Å². The van der Waals surface area contributed by atoms with Crippen molar-refractivity contribution in [1.82, 2.24) is 0 Å². The Bertz CT molecular complexity index is 673. The number of aliphatic hydroxyl groups excluding tert-OH is 1. The minimum Gasteiger partial charge on any atom is -0.392 e. The summed E-state index contributed by atoms with van der Waals surface area (Å²) in [4.78, 5) is 14.3. The zero-order valence-corrected chi connectivity index (χ0v) is 12.8. The Kier molecular flexibility index (Phi) is 4.32. The van der Waals surface area contributed by atoms with Crippen LogP contribution in [-0.2, 0) is 11.4 Å². The first-order chi connectivity index (χ1) is 10.7. The molecule has 5 heteroatoms. The lowest BCUT2D eigenvalue weighted by atomic mass is 10.2. The van der Waals surface area contributed by atoms with Crippen molar-refractivity contribution in [2.45, 2.75) is 19.1 Å². The molecule has 0 bridgehead atoms. The molecule has 1 unspecified atom stereocenters. The molecular formula is C17H17ClN2O2. The van der Waals surface area contributed by atoms with E-state index in [1.54, 1.807) is 17.0 Å². The third kappa shape index (κ3) is 3.08. The van der Waals surface area contributed by atoms with Crippen molar-refractivity contribution in [3.8, 4) is 0 Å². The van der Waals surface area contributed by atoms with E-state index in [0.29, 0.717) is 11.6 Å². The lowest BCUT2D eigenvalue weighted by Gasteiger charge is -2.18. The second-order valence-electron chi connectivity index (χ2n) is 5.31. The maximum absolute atomic E-state index is 12.5. The number of aliphatic hydroxyl groups is 1. The molecule has 0 aliphatic carbocycles. The van der Waals surface area contributed by atoms with Crippen molar-refractivity contribution >= 4 is 28.9 Å². The molecule has 1 aliphatic heterocycles. The molecule has 0 radical (unpaired) electrons. The van der Waals surface area contributed by atoms with Gasteiger partial charge in [-0.05, 0) is 48.4 Å². The van der Waals surface area contributed by atoms with Gasteiger partial charge in [0.05, 0.1) is 6.61 Å². The first kappa shape index (κ1) is 14.9. The summed E-state index contributed by atoms with van der Waals surface area (Å²) in [5.74, 6) is 0.0525. The third-order valence-corrected chi connectivity index (χ3v) is 4.05. The van der Waals surface area contributed by atoms with Gasteiger partial charge < -0.3 is 15.3 Å². The molecule has 1 atom stereocenters. The van der Waals surface area contributed by atoms with E-state index in [-0.39, 0.29) is 18.6 Å². The maximum atomic E-state index is 12.5. The number of hydrogen-bond donors (Lipinski definition) is 2. The molecule has 22 heavy (non-hydrogen) atoms. The molecule has 0 saturated carbocycles. The lowest BCUT2D eigenvalue weighted by molar-refractivity contribution is -0.117. The number of benzene rings is 2. The zero-order valence-electron chi connectivity index (χ0n) is 12.0. The summed E-state index contributed by atoms with van der Waals surface area (Å²) >= 11 is 5.88. The number of hydrogen-bond acceptors (Lipinski definition) is 3. The average molecular weight is 317 g/mol. The van der Waals surface area contributed by atoms with Gasteiger partial charge in [0.2, 0.25) is 5.91 Å². The van der Waals surface area contributed by atoms with Gasteiger partial charge in [-0.1, -0.05) is 23.7 Å². The Labute approximate surface area is 134 Å². The number of halogens is 1. The topological polar surface area (TPSA) is 52.6 Å². The van der Waals surface area contributed by atoms with E-state index in [4.69, 9.17) is 11.6 Å². The van der Waals surface area contributed by atoms with Crippen LogP contribution in [0.2, 0.25) is 5.02 Å². The molecule has 4 nitrogen and oxygen atoms in total. The van der Waals surface area contributed by atoms with Crippen LogP contribution in [-0.4, -0.2) is 23.6 Å². The summed E-state index contributed by atoms with van der Waals surface area (Å²) in [6, 6.07) is 14.5. The monoisotopic (exact) mass is 316 g/mol. The highest BCUT2D eigenvalue weighted by atomic mass is 35.5. The number of nitrogens with one attached hydrogen (secondary N) is 1. The highest BCUT2D eigenvalue weighted by molar-refractivity contribution is 6.30. The van der Waals surface area contributed by atoms with Gasteiger partial charge in [-0.15, -0.1) is 0 Å². The molecule has 0 spiro atoms. The van der Waals surface area contributed by atoms with Crippen LogP contribution in [0.1, 0.15) is 12.0 Å². The van der Waals surface area contributed by atoms with Gasteiger partial charge in [-0.25, -0.2) is 0 Å². The van der Waals surface area contributed by atoms with E-state index in [1.807, 2.05) is 36.4 Å². The van der Waals surface area contributed by atoms with Gasteiger partial charge in [-0.3, -0.25) is 4.79 Å². The fourth-order valence-electron chi connectivity index (χ4n) is 2.65. The predicted molar refractivity (Wildman–Crippen MR) is 88.2 cm³/mol. The normalized spacial score (nSPS) is 17.8. The molecule has 2 N–H and O–H groups in total. The molecule has 3 rings (SSSR count). The van der Waals surface area contributed by atoms with Crippen molar-refractivity contribution in [3.63, 3.8) is 0 Å². The van der Waals surface area contributed by atoms with Gasteiger partial charge >= 0.3 is 0 Å². The van der Waals surface area contributed by atoms with Crippen molar-refractivity contribution in [3.05, 3.63) is 59.1 Å². The van der Waals surface area contributed by atoms with Gasteiger partial charge in [0, 0.05) is 22.9 Å². The van der Waals surface area contributed by atoms with Gasteiger partial charge in [0.15, 0.2) is 0 Å². The molecule has 114 valence electrons. The molecule has 0 aromatic heterocycles. The molecule has 2 aromatic rings. The SMILES string of the molecule is O=C1C(Nc2cccc(CO)c2)CCN1c1ccc(Cl)cc1. The van der Waals surface area contributed by atoms with Crippen LogP contribution in [0.5, 0.6) is 0 Å². The highest BCUT2D eigenvalue weighted by Crippen LogP contribution is 2.25. The van der Waals surface area contributed by atoms with Crippen LogP contribution in [0.4, 0.5) is 11.4 Å². The lowest BCUT2D eigenvalue weighted by Crippen LogP contribution is -2.33. The van der Waals surface area contributed by atoms with Crippen LogP contribution in [0.15, 0.2) is 48.5 Å². The second-order valence-corrected chi connectivity index (χ2v) is 5.75.